The van der Waals surface area contributed by atoms with E-state index in [4.69, 9.17) is 11.6 Å². The van der Waals surface area contributed by atoms with E-state index in [2.05, 4.69) is 29.0 Å². The van der Waals surface area contributed by atoms with E-state index in [0.29, 0.717) is 5.15 Å². The Bertz CT molecular complexity index is 749. The minimum atomic E-state index is 0.523. The number of nitrogens with zero attached hydrogens (tertiary/aromatic N) is 2. The number of fused-ring (bicyclic) bond motifs is 1. The van der Waals surface area contributed by atoms with Gasteiger partial charge in [0.25, 0.3) is 0 Å². The Morgan fingerprint density at radius 3 is 2.74 bits per heavy atom. The summed E-state index contributed by atoms with van der Waals surface area (Å²) in [6.07, 6.45) is 1.03. The fourth-order valence-electron chi connectivity index (χ4n) is 2.06. The molecule has 4 heteroatoms. The lowest BCUT2D eigenvalue weighted by atomic mass is 10.1. The smallest absolute Gasteiger partial charge is 0.171 e. The third-order valence-corrected chi connectivity index (χ3v) is 4.63. The highest BCUT2D eigenvalue weighted by Gasteiger charge is 2.11. The van der Waals surface area contributed by atoms with Crippen molar-refractivity contribution in [2.24, 2.45) is 0 Å². The summed E-state index contributed by atoms with van der Waals surface area (Å²) in [6.45, 7) is 4.19. The number of para-hydroxylation sites is 1. The number of hydrogen-bond donors (Lipinski definition) is 0. The summed E-state index contributed by atoms with van der Waals surface area (Å²) in [5.74, 6) is 0.719. The molecule has 0 saturated carbocycles. The molecule has 0 aliphatic heterocycles. The van der Waals surface area contributed by atoms with Gasteiger partial charge in [-0.2, -0.15) is 0 Å². The van der Waals surface area contributed by atoms with E-state index >= 15 is 0 Å². The Labute approximate surface area is 121 Å². The molecule has 0 N–H and O–H groups in total. The second kappa shape index (κ2) is 4.91. The summed E-state index contributed by atoms with van der Waals surface area (Å²) >= 11 is 8.00. The van der Waals surface area contributed by atoms with Crippen LogP contribution in [0.5, 0.6) is 0 Å². The highest BCUT2D eigenvalue weighted by Crippen LogP contribution is 2.30. The first-order valence-corrected chi connectivity index (χ1v) is 7.40. The molecule has 2 heterocycles. The van der Waals surface area contributed by atoms with Gasteiger partial charge < -0.3 is 0 Å². The molecule has 3 rings (SSSR count). The number of halogens is 1. The van der Waals surface area contributed by atoms with Crippen LogP contribution in [0, 0.1) is 6.92 Å². The van der Waals surface area contributed by atoms with Gasteiger partial charge in [0, 0.05) is 10.3 Å². The van der Waals surface area contributed by atoms with Crippen LogP contribution in [0.25, 0.3) is 21.6 Å². The van der Waals surface area contributed by atoms with Crippen molar-refractivity contribution in [3.8, 4) is 10.7 Å². The molecule has 0 unspecified atom stereocenters. The number of aromatic nitrogens is 2. The van der Waals surface area contributed by atoms with Crippen molar-refractivity contribution in [2.45, 2.75) is 20.3 Å². The van der Waals surface area contributed by atoms with Crippen LogP contribution in [0.2, 0.25) is 5.15 Å². The molecular weight excluding hydrogens is 276 g/mol. The molecule has 2 nitrogen and oxygen atoms in total. The van der Waals surface area contributed by atoms with Gasteiger partial charge in [0.15, 0.2) is 5.82 Å². The lowest BCUT2D eigenvalue weighted by molar-refractivity contribution is 1.19. The Morgan fingerprint density at radius 2 is 2.00 bits per heavy atom. The number of thiophene rings is 1. The van der Waals surface area contributed by atoms with Gasteiger partial charge in [-0.25, -0.2) is 9.97 Å². The standard InChI is InChI=1S/C15H13ClN2S/c1-3-10-7-8-12(19-10)15-17-13-9(2)5-4-6-11(13)14(16)18-15/h4-8H,3H2,1-2H3. The van der Waals surface area contributed by atoms with Crippen LogP contribution in [-0.2, 0) is 6.42 Å². The molecule has 0 aliphatic rings. The summed E-state index contributed by atoms with van der Waals surface area (Å²) in [6, 6.07) is 10.2. The van der Waals surface area contributed by atoms with Crippen molar-refractivity contribution in [3.63, 3.8) is 0 Å². The molecule has 0 aliphatic carbocycles. The SMILES string of the molecule is CCc1ccc(-c2nc(Cl)c3cccc(C)c3n2)s1. The van der Waals surface area contributed by atoms with E-state index in [-0.39, 0.29) is 0 Å². The molecule has 3 aromatic rings. The molecule has 0 radical (unpaired) electrons. The Kier molecular flexibility index (Phi) is 3.25. The molecule has 0 bridgehead atoms. The van der Waals surface area contributed by atoms with Gasteiger partial charge in [-0.05, 0) is 37.1 Å². The summed E-state index contributed by atoms with van der Waals surface area (Å²) in [5.41, 5.74) is 2.05. The highest BCUT2D eigenvalue weighted by molar-refractivity contribution is 7.15. The maximum absolute atomic E-state index is 6.28. The molecular formula is C15H13ClN2S. The summed E-state index contributed by atoms with van der Waals surface area (Å²) in [7, 11) is 0. The van der Waals surface area contributed by atoms with E-state index in [9.17, 15) is 0 Å². The third kappa shape index (κ3) is 2.24. The summed E-state index contributed by atoms with van der Waals surface area (Å²) in [5, 5.41) is 1.44. The number of hydrogen-bond acceptors (Lipinski definition) is 3. The van der Waals surface area contributed by atoms with Crippen LogP contribution in [0.4, 0.5) is 0 Å². The van der Waals surface area contributed by atoms with Crippen LogP contribution in [-0.4, -0.2) is 9.97 Å². The summed E-state index contributed by atoms with van der Waals surface area (Å²) in [4.78, 5) is 11.5. The van der Waals surface area contributed by atoms with Crippen molar-refractivity contribution in [1.82, 2.24) is 9.97 Å². The minimum absolute atomic E-state index is 0.523. The average Bonchev–Trinajstić information content (AvgIpc) is 2.88. The molecule has 0 spiro atoms. The van der Waals surface area contributed by atoms with E-state index in [0.717, 1.165) is 33.6 Å². The number of benzene rings is 1. The first-order valence-electron chi connectivity index (χ1n) is 6.21. The zero-order valence-corrected chi connectivity index (χ0v) is 12.3. The van der Waals surface area contributed by atoms with E-state index in [1.165, 1.54) is 4.88 Å². The molecule has 0 saturated heterocycles. The number of rotatable bonds is 2. The number of aryl methyl sites for hydroxylation is 2. The van der Waals surface area contributed by atoms with Gasteiger partial charge in [0.1, 0.15) is 5.15 Å². The quantitative estimate of drug-likeness (QED) is 0.628. The third-order valence-electron chi connectivity index (χ3n) is 3.11. The van der Waals surface area contributed by atoms with E-state index in [1.807, 2.05) is 25.1 Å². The highest BCUT2D eigenvalue weighted by atomic mass is 35.5. The Hall–Kier alpha value is -1.45. The van der Waals surface area contributed by atoms with E-state index in [1.54, 1.807) is 11.3 Å². The Morgan fingerprint density at radius 1 is 1.16 bits per heavy atom. The monoisotopic (exact) mass is 288 g/mol. The van der Waals surface area contributed by atoms with Gasteiger partial charge in [-0.1, -0.05) is 30.7 Å². The van der Waals surface area contributed by atoms with Gasteiger partial charge in [0.2, 0.25) is 0 Å². The topological polar surface area (TPSA) is 25.8 Å². The van der Waals surface area contributed by atoms with Gasteiger partial charge in [-0.15, -0.1) is 11.3 Å². The van der Waals surface area contributed by atoms with Crippen LogP contribution >= 0.6 is 22.9 Å². The molecule has 0 atom stereocenters. The largest absolute Gasteiger partial charge is 0.227 e. The van der Waals surface area contributed by atoms with Crippen molar-refractivity contribution < 1.29 is 0 Å². The molecule has 0 amide bonds. The fourth-order valence-corrected chi connectivity index (χ4v) is 3.17. The lowest BCUT2D eigenvalue weighted by Gasteiger charge is -2.05. The van der Waals surface area contributed by atoms with Crippen molar-refractivity contribution >= 4 is 33.8 Å². The molecule has 2 aromatic heterocycles. The maximum atomic E-state index is 6.28. The zero-order chi connectivity index (χ0) is 13.4. The van der Waals surface area contributed by atoms with Crippen LogP contribution < -0.4 is 0 Å². The van der Waals surface area contributed by atoms with Crippen molar-refractivity contribution in [1.29, 1.82) is 0 Å². The van der Waals surface area contributed by atoms with E-state index < -0.39 is 0 Å². The molecule has 0 fully saturated rings. The predicted molar refractivity (Wildman–Crippen MR) is 82.0 cm³/mol. The minimum Gasteiger partial charge on any atom is -0.227 e. The molecule has 96 valence electrons. The predicted octanol–water partition coefficient (Wildman–Crippen LogP) is 4.88. The Balaban J connectivity index is 2.22. The average molecular weight is 289 g/mol. The van der Waals surface area contributed by atoms with Crippen LogP contribution in [0.15, 0.2) is 30.3 Å². The van der Waals surface area contributed by atoms with Gasteiger partial charge >= 0.3 is 0 Å². The van der Waals surface area contributed by atoms with Crippen LogP contribution in [0.3, 0.4) is 0 Å². The fraction of sp³-hybridized carbons (Fsp3) is 0.200. The van der Waals surface area contributed by atoms with Crippen LogP contribution in [0.1, 0.15) is 17.4 Å². The molecule has 19 heavy (non-hydrogen) atoms. The zero-order valence-electron chi connectivity index (χ0n) is 10.8. The lowest BCUT2D eigenvalue weighted by Crippen LogP contribution is -1.92. The first-order chi connectivity index (χ1) is 9.19. The molecule has 1 aromatic carbocycles. The van der Waals surface area contributed by atoms with Crippen molar-refractivity contribution in [2.75, 3.05) is 0 Å². The summed E-state index contributed by atoms with van der Waals surface area (Å²) < 4.78 is 0. The van der Waals surface area contributed by atoms with Gasteiger partial charge in [0.05, 0.1) is 10.4 Å². The van der Waals surface area contributed by atoms with Gasteiger partial charge in [-0.3, -0.25) is 0 Å². The second-order valence-corrected chi connectivity index (χ2v) is 5.95. The first kappa shape index (κ1) is 12.6. The second-order valence-electron chi connectivity index (χ2n) is 4.43. The van der Waals surface area contributed by atoms with Crippen molar-refractivity contribution in [3.05, 3.63) is 45.9 Å². The maximum Gasteiger partial charge on any atom is 0.171 e. The normalized spacial score (nSPS) is 11.1.